The minimum absolute atomic E-state index is 0. The molecule has 3 nitrogen and oxygen atoms in total. The zero-order valence-electron chi connectivity index (χ0n) is 8.57. The van der Waals surface area contributed by atoms with E-state index in [2.05, 4.69) is 30.5 Å². The summed E-state index contributed by atoms with van der Waals surface area (Å²) in [6, 6.07) is 4.02. The van der Waals surface area contributed by atoms with Gasteiger partial charge in [0.25, 0.3) is 0 Å². The number of hydrogen-bond acceptors (Lipinski definition) is 2. The third-order valence-electron chi connectivity index (χ3n) is 1.77. The molecule has 0 aromatic carbocycles. The van der Waals surface area contributed by atoms with Gasteiger partial charge >= 0.3 is 0 Å². The molecule has 0 aliphatic heterocycles. The maximum atomic E-state index is 4.60. The standard InChI is InChI=1S/C10H14BrN2O.BrH/c1-14-12-9-10-3-7-13(8-4-10)6-2-5-11;/h3-4,7-9H,2,5-6H2,1H3;1H/q+1;/p-1/b12-9+;. The molecule has 0 fully saturated rings. The molecule has 0 atom stereocenters. The van der Waals surface area contributed by atoms with E-state index in [0.29, 0.717) is 0 Å². The molecular weight excluding hydrogens is 324 g/mol. The zero-order valence-corrected chi connectivity index (χ0v) is 11.7. The van der Waals surface area contributed by atoms with Gasteiger partial charge in [-0.3, -0.25) is 0 Å². The third kappa shape index (κ3) is 5.89. The molecule has 0 saturated heterocycles. The van der Waals surface area contributed by atoms with Crippen LogP contribution >= 0.6 is 15.9 Å². The van der Waals surface area contributed by atoms with Gasteiger partial charge in [0.05, 0.1) is 6.21 Å². The summed E-state index contributed by atoms with van der Waals surface area (Å²) in [4.78, 5) is 4.60. The first-order valence-electron chi connectivity index (χ1n) is 4.48. The summed E-state index contributed by atoms with van der Waals surface area (Å²) in [5.74, 6) is 0. The van der Waals surface area contributed by atoms with Crippen LogP contribution in [0.1, 0.15) is 12.0 Å². The van der Waals surface area contributed by atoms with E-state index in [1.807, 2.05) is 24.5 Å². The summed E-state index contributed by atoms with van der Waals surface area (Å²) in [6.45, 7) is 1.03. The highest BCUT2D eigenvalue weighted by Gasteiger charge is 1.98. The number of rotatable bonds is 5. The average molecular weight is 338 g/mol. The van der Waals surface area contributed by atoms with Crippen molar-refractivity contribution in [2.24, 2.45) is 5.16 Å². The Morgan fingerprint density at radius 1 is 1.47 bits per heavy atom. The molecule has 0 spiro atoms. The van der Waals surface area contributed by atoms with Crippen LogP contribution in [-0.2, 0) is 11.4 Å². The molecule has 0 bridgehead atoms. The van der Waals surface area contributed by atoms with Gasteiger partial charge in [0.1, 0.15) is 13.7 Å². The average Bonchev–Trinajstić information content (AvgIpc) is 2.25. The molecule has 0 radical (unpaired) electrons. The molecule has 0 saturated carbocycles. The predicted molar refractivity (Wildman–Crippen MR) is 59.7 cm³/mol. The number of halogens is 2. The molecule has 1 aromatic heterocycles. The molecule has 1 aromatic rings. The number of aryl methyl sites for hydroxylation is 1. The van der Waals surface area contributed by atoms with Crippen LogP contribution in [0, 0.1) is 0 Å². The Labute approximate surface area is 109 Å². The molecule has 1 heterocycles. The van der Waals surface area contributed by atoms with Crippen LogP contribution in [0.25, 0.3) is 0 Å². The summed E-state index contributed by atoms with van der Waals surface area (Å²) >= 11 is 3.40. The maximum Gasteiger partial charge on any atom is 0.169 e. The molecular formula is C10H14Br2N2O. The Kier molecular flexibility index (Phi) is 8.61. The van der Waals surface area contributed by atoms with Crippen LogP contribution < -0.4 is 21.5 Å². The normalized spacial score (nSPS) is 10.0. The molecule has 0 N–H and O–H groups in total. The number of aromatic nitrogens is 1. The lowest BCUT2D eigenvalue weighted by molar-refractivity contribution is -0.696. The topological polar surface area (TPSA) is 25.5 Å². The minimum Gasteiger partial charge on any atom is -1.00 e. The minimum atomic E-state index is 0. The lowest BCUT2D eigenvalue weighted by Gasteiger charge is -1.94. The van der Waals surface area contributed by atoms with Crippen molar-refractivity contribution in [2.75, 3.05) is 12.4 Å². The first-order chi connectivity index (χ1) is 6.86. The SMILES string of the molecule is CO/N=C/c1cc[n+](CCCBr)cc1.[Br-]. The van der Waals surface area contributed by atoms with Crippen LogP contribution in [0.15, 0.2) is 29.7 Å². The van der Waals surface area contributed by atoms with Crippen molar-refractivity contribution < 1.29 is 26.4 Å². The lowest BCUT2D eigenvalue weighted by atomic mass is 10.3. The molecule has 0 aliphatic carbocycles. The highest BCUT2D eigenvalue weighted by atomic mass is 79.9. The van der Waals surface area contributed by atoms with E-state index >= 15 is 0 Å². The van der Waals surface area contributed by atoms with Crippen LogP contribution in [0.4, 0.5) is 0 Å². The summed E-state index contributed by atoms with van der Waals surface area (Å²) in [5.41, 5.74) is 1.04. The number of hydrogen-bond donors (Lipinski definition) is 0. The summed E-state index contributed by atoms with van der Waals surface area (Å²) < 4.78 is 2.14. The number of oxime groups is 1. The van der Waals surface area contributed by atoms with Gasteiger partial charge < -0.3 is 21.8 Å². The molecule has 0 unspecified atom stereocenters. The van der Waals surface area contributed by atoms with Gasteiger partial charge in [0.2, 0.25) is 0 Å². The molecule has 15 heavy (non-hydrogen) atoms. The van der Waals surface area contributed by atoms with Crippen molar-refractivity contribution in [2.45, 2.75) is 13.0 Å². The van der Waals surface area contributed by atoms with E-state index in [-0.39, 0.29) is 17.0 Å². The summed E-state index contributed by atoms with van der Waals surface area (Å²) in [5, 5.41) is 4.73. The Morgan fingerprint density at radius 3 is 2.67 bits per heavy atom. The van der Waals surface area contributed by atoms with Gasteiger partial charge in [-0.2, -0.15) is 0 Å². The second-order valence-electron chi connectivity index (χ2n) is 2.83. The Hall–Kier alpha value is -0.420. The van der Waals surface area contributed by atoms with Gasteiger partial charge in [-0.1, -0.05) is 21.1 Å². The molecule has 5 heteroatoms. The van der Waals surface area contributed by atoms with Crippen LogP contribution in [0.3, 0.4) is 0 Å². The Bertz CT molecular complexity index is 288. The van der Waals surface area contributed by atoms with E-state index in [4.69, 9.17) is 0 Å². The number of alkyl halides is 1. The van der Waals surface area contributed by atoms with Crippen LogP contribution in [0.5, 0.6) is 0 Å². The fourth-order valence-electron chi connectivity index (χ4n) is 1.06. The van der Waals surface area contributed by atoms with Crippen molar-refractivity contribution in [3.05, 3.63) is 30.1 Å². The predicted octanol–water partition coefficient (Wildman–Crippen LogP) is -1.26. The summed E-state index contributed by atoms with van der Waals surface area (Å²) in [6.07, 6.45) is 6.91. The Balaban J connectivity index is 0.00000196. The maximum absolute atomic E-state index is 4.60. The largest absolute Gasteiger partial charge is 1.00 e. The van der Waals surface area contributed by atoms with E-state index in [1.54, 1.807) is 6.21 Å². The first kappa shape index (κ1) is 14.6. The van der Waals surface area contributed by atoms with Crippen molar-refractivity contribution in [3.63, 3.8) is 0 Å². The lowest BCUT2D eigenvalue weighted by Crippen LogP contribution is -3.00. The third-order valence-corrected chi connectivity index (χ3v) is 2.33. The number of nitrogens with zero attached hydrogens (tertiary/aromatic N) is 2. The van der Waals surface area contributed by atoms with Gasteiger partial charge in [0.15, 0.2) is 12.4 Å². The molecule has 84 valence electrons. The second-order valence-corrected chi connectivity index (χ2v) is 3.62. The summed E-state index contributed by atoms with van der Waals surface area (Å²) in [7, 11) is 1.54. The van der Waals surface area contributed by atoms with Gasteiger partial charge in [-0.15, -0.1) is 0 Å². The highest BCUT2D eigenvalue weighted by Crippen LogP contribution is 1.92. The van der Waals surface area contributed by atoms with E-state index in [1.165, 1.54) is 7.11 Å². The van der Waals surface area contributed by atoms with Crippen molar-refractivity contribution in [1.29, 1.82) is 0 Å². The van der Waals surface area contributed by atoms with E-state index < -0.39 is 0 Å². The number of pyridine rings is 1. The monoisotopic (exact) mass is 336 g/mol. The van der Waals surface area contributed by atoms with Crippen LogP contribution in [-0.4, -0.2) is 18.7 Å². The Morgan fingerprint density at radius 2 is 2.13 bits per heavy atom. The van der Waals surface area contributed by atoms with Crippen molar-refractivity contribution >= 4 is 22.1 Å². The van der Waals surface area contributed by atoms with Crippen molar-refractivity contribution in [3.8, 4) is 0 Å². The zero-order chi connectivity index (χ0) is 10.2. The fourth-order valence-corrected chi connectivity index (χ4v) is 1.31. The van der Waals surface area contributed by atoms with E-state index in [9.17, 15) is 0 Å². The van der Waals surface area contributed by atoms with Gasteiger partial charge in [-0.05, 0) is 0 Å². The molecule has 1 rings (SSSR count). The molecule has 0 aliphatic rings. The van der Waals surface area contributed by atoms with Gasteiger partial charge in [-0.25, -0.2) is 4.57 Å². The van der Waals surface area contributed by atoms with E-state index in [0.717, 1.165) is 23.9 Å². The van der Waals surface area contributed by atoms with Crippen molar-refractivity contribution in [1.82, 2.24) is 0 Å². The van der Waals surface area contributed by atoms with Gasteiger partial charge in [0, 0.05) is 29.4 Å². The highest BCUT2D eigenvalue weighted by molar-refractivity contribution is 9.09. The second kappa shape index (κ2) is 8.85. The van der Waals surface area contributed by atoms with Crippen LogP contribution in [0.2, 0.25) is 0 Å². The quantitative estimate of drug-likeness (QED) is 0.285. The molecule has 0 amide bonds. The fraction of sp³-hybridized carbons (Fsp3) is 0.400. The smallest absolute Gasteiger partial charge is 0.169 e. The first-order valence-corrected chi connectivity index (χ1v) is 5.60.